The standard InChI is InChI=1S/C11H17FN2O3S2/c1-11(15,7-18-2)6-14-19(16,17)9-5-3-4-8(12)10(9)13/h3-5,14-15H,6-7,13H2,1-2H3. The molecule has 0 aliphatic heterocycles. The zero-order chi connectivity index (χ0) is 14.7. The number of anilines is 1. The minimum atomic E-state index is -3.95. The molecular formula is C11H17FN2O3S2. The summed E-state index contributed by atoms with van der Waals surface area (Å²) in [6.45, 7) is 1.34. The second kappa shape index (κ2) is 6.08. The second-order valence-electron chi connectivity index (χ2n) is 4.41. The van der Waals surface area contributed by atoms with Gasteiger partial charge in [-0.3, -0.25) is 0 Å². The van der Waals surface area contributed by atoms with Gasteiger partial charge < -0.3 is 10.8 Å². The van der Waals surface area contributed by atoms with Gasteiger partial charge in [0.05, 0.1) is 11.3 Å². The van der Waals surface area contributed by atoms with Crippen molar-refractivity contribution >= 4 is 27.5 Å². The lowest BCUT2D eigenvalue weighted by molar-refractivity contribution is 0.0908. The Morgan fingerprint density at radius 2 is 2.16 bits per heavy atom. The highest BCUT2D eigenvalue weighted by atomic mass is 32.2. The van der Waals surface area contributed by atoms with Gasteiger partial charge in [0.15, 0.2) is 0 Å². The zero-order valence-corrected chi connectivity index (χ0v) is 12.3. The summed E-state index contributed by atoms with van der Waals surface area (Å²) in [5, 5.41) is 9.90. The Labute approximate surface area is 116 Å². The number of halogens is 1. The van der Waals surface area contributed by atoms with Gasteiger partial charge in [-0.15, -0.1) is 0 Å². The van der Waals surface area contributed by atoms with E-state index < -0.39 is 27.1 Å². The Kier molecular flexibility index (Phi) is 5.19. The van der Waals surface area contributed by atoms with Crippen LogP contribution in [0.5, 0.6) is 0 Å². The Morgan fingerprint density at radius 1 is 1.53 bits per heavy atom. The molecule has 1 aromatic carbocycles. The molecule has 5 nitrogen and oxygen atoms in total. The minimum absolute atomic E-state index is 0.174. The van der Waals surface area contributed by atoms with E-state index in [1.807, 2.05) is 0 Å². The van der Waals surface area contributed by atoms with Crippen molar-refractivity contribution in [2.24, 2.45) is 0 Å². The summed E-state index contributed by atoms with van der Waals surface area (Å²) in [6.07, 6.45) is 1.80. The summed E-state index contributed by atoms with van der Waals surface area (Å²) in [7, 11) is -3.95. The van der Waals surface area contributed by atoms with Crippen molar-refractivity contribution in [3.63, 3.8) is 0 Å². The number of nitrogen functional groups attached to an aromatic ring is 1. The topological polar surface area (TPSA) is 92.4 Å². The molecule has 0 heterocycles. The fourth-order valence-corrected chi connectivity index (χ4v) is 3.47. The van der Waals surface area contributed by atoms with Crippen LogP contribution in [0.3, 0.4) is 0 Å². The van der Waals surface area contributed by atoms with E-state index >= 15 is 0 Å². The summed E-state index contributed by atoms with van der Waals surface area (Å²) in [4.78, 5) is -0.326. The summed E-state index contributed by atoms with van der Waals surface area (Å²) in [5.41, 5.74) is 3.79. The first kappa shape index (κ1) is 16.2. The van der Waals surface area contributed by atoms with Crippen molar-refractivity contribution in [2.75, 3.05) is 24.3 Å². The van der Waals surface area contributed by atoms with Gasteiger partial charge in [-0.1, -0.05) is 6.07 Å². The lowest BCUT2D eigenvalue weighted by Gasteiger charge is -2.22. The average molecular weight is 308 g/mol. The van der Waals surface area contributed by atoms with Gasteiger partial charge in [0.1, 0.15) is 10.7 Å². The summed E-state index contributed by atoms with van der Waals surface area (Å²) < 4.78 is 39.4. The van der Waals surface area contributed by atoms with E-state index in [1.54, 1.807) is 6.26 Å². The molecule has 0 aliphatic rings. The van der Waals surface area contributed by atoms with Crippen LogP contribution in [0.1, 0.15) is 6.92 Å². The highest BCUT2D eigenvalue weighted by molar-refractivity contribution is 7.98. The summed E-state index contributed by atoms with van der Waals surface area (Å²) >= 11 is 1.39. The van der Waals surface area contributed by atoms with Crippen LogP contribution in [0.15, 0.2) is 23.1 Å². The highest BCUT2D eigenvalue weighted by Gasteiger charge is 2.25. The van der Waals surface area contributed by atoms with E-state index in [-0.39, 0.29) is 11.4 Å². The Balaban J connectivity index is 2.91. The number of nitrogens with one attached hydrogen (secondary N) is 1. The number of nitrogens with two attached hydrogens (primary N) is 1. The number of thioether (sulfide) groups is 1. The average Bonchev–Trinajstić information content (AvgIpc) is 2.30. The number of benzene rings is 1. The van der Waals surface area contributed by atoms with Crippen molar-refractivity contribution < 1.29 is 17.9 Å². The molecule has 0 amide bonds. The molecule has 1 atom stereocenters. The molecule has 0 saturated carbocycles. The van der Waals surface area contributed by atoms with Crippen molar-refractivity contribution in [1.29, 1.82) is 0 Å². The first-order valence-corrected chi connectivity index (χ1v) is 8.32. The maximum atomic E-state index is 13.2. The normalized spacial score (nSPS) is 15.2. The summed E-state index contributed by atoms with van der Waals surface area (Å²) in [6, 6.07) is 3.56. The van der Waals surface area contributed by atoms with Crippen LogP contribution >= 0.6 is 11.8 Å². The number of hydrogen-bond donors (Lipinski definition) is 3. The van der Waals surface area contributed by atoms with Crippen molar-refractivity contribution in [3.05, 3.63) is 24.0 Å². The monoisotopic (exact) mass is 308 g/mol. The minimum Gasteiger partial charge on any atom is -0.395 e. The molecule has 0 spiro atoms. The number of rotatable bonds is 6. The third kappa shape index (κ3) is 4.34. The van der Waals surface area contributed by atoms with Crippen LogP contribution in [0.4, 0.5) is 10.1 Å². The molecule has 1 aromatic rings. The van der Waals surface area contributed by atoms with E-state index in [0.717, 1.165) is 6.07 Å². The second-order valence-corrected chi connectivity index (χ2v) is 7.01. The Hall–Kier alpha value is -0.830. The Morgan fingerprint density at radius 3 is 2.74 bits per heavy atom. The first-order valence-electron chi connectivity index (χ1n) is 5.44. The molecule has 0 aliphatic carbocycles. The fourth-order valence-electron chi connectivity index (χ4n) is 1.44. The molecule has 1 rings (SSSR count). The van der Waals surface area contributed by atoms with Gasteiger partial charge in [0.25, 0.3) is 0 Å². The molecule has 4 N–H and O–H groups in total. The van der Waals surface area contributed by atoms with Gasteiger partial charge in [0, 0.05) is 12.3 Å². The molecular weight excluding hydrogens is 291 g/mol. The van der Waals surface area contributed by atoms with Gasteiger partial charge in [-0.05, 0) is 25.3 Å². The van der Waals surface area contributed by atoms with Crippen LogP contribution in [-0.2, 0) is 10.0 Å². The van der Waals surface area contributed by atoms with Gasteiger partial charge in [-0.2, -0.15) is 11.8 Å². The third-order valence-corrected chi connectivity index (χ3v) is 4.77. The highest BCUT2D eigenvalue weighted by Crippen LogP contribution is 2.21. The molecule has 8 heteroatoms. The van der Waals surface area contributed by atoms with E-state index in [2.05, 4.69) is 4.72 Å². The lowest BCUT2D eigenvalue weighted by atomic mass is 10.1. The molecule has 19 heavy (non-hydrogen) atoms. The summed E-state index contributed by atoms with van der Waals surface area (Å²) in [5.74, 6) is -0.424. The SMILES string of the molecule is CSCC(C)(O)CNS(=O)(=O)c1cccc(F)c1N. The van der Waals surface area contributed by atoms with Crippen LogP contribution in [0, 0.1) is 5.82 Å². The van der Waals surface area contributed by atoms with E-state index in [9.17, 15) is 17.9 Å². The number of aliphatic hydroxyl groups is 1. The molecule has 0 bridgehead atoms. The molecule has 0 aromatic heterocycles. The van der Waals surface area contributed by atoms with Crippen LogP contribution in [-0.4, -0.2) is 37.7 Å². The first-order chi connectivity index (χ1) is 8.69. The molecule has 108 valence electrons. The lowest BCUT2D eigenvalue weighted by Crippen LogP contribution is -2.42. The third-order valence-electron chi connectivity index (χ3n) is 2.40. The maximum Gasteiger partial charge on any atom is 0.242 e. The van der Waals surface area contributed by atoms with Crippen molar-refractivity contribution in [2.45, 2.75) is 17.4 Å². The number of para-hydroxylation sites is 1. The van der Waals surface area contributed by atoms with Crippen molar-refractivity contribution in [1.82, 2.24) is 4.72 Å². The van der Waals surface area contributed by atoms with Gasteiger partial charge >= 0.3 is 0 Å². The molecule has 0 saturated heterocycles. The predicted octanol–water partition coefficient (Wildman–Crippen LogP) is 0.800. The predicted molar refractivity (Wildman–Crippen MR) is 75.0 cm³/mol. The molecule has 0 fully saturated rings. The zero-order valence-electron chi connectivity index (χ0n) is 10.7. The number of hydrogen-bond acceptors (Lipinski definition) is 5. The van der Waals surface area contributed by atoms with E-state index in [0.29, 0.717) is 5.75 Å². The Bertz CT molecular complexity index is 547. The van der Waals surface area contributed by atoms with Crippen LogP contribution < -0.4 is 10.5 Å². The van der Waals surface area contributed by atoms with Crippen LogP contribution in [0.2, 0.25) is 0 Å². The number of sulfonamides is 1. The largest absolute Gasteiger partial charge is 0.395 e. The van der Waals surface area contributed by atoms with E-state index in [1.165, 1.54) is 30.8 Å². The molecule has 0 radical (unpaired) electrons. The van der Waals surface area contributed by atoms with Gasteiger partial charge in [0.2, 0.25) is 10.0 Å². The van der Waals surface area contributed by atoms with Gasteiger partial charge in [-0.25, -0.2) is 17.5 Å². The maximum absolute atomic E-state index is 13.2. The smallest absolute Gasteiger partial charge is 0.242 e. The van der Waals surface area contributed by atoms with Crippen LogP contribution in [0.25, 0.3) is 0 Å². The molecule has 1 unspecified atom stereocenters. The van der Waals surface area contributed by atoms with Crippen molar-refractivity contribution in [3.8, 4) is 0 Å². The quantitative estimate of drug-likeness (QED) is 0.676. The fraction of sp³-hybridized carbons (Fsp3) is 0.455. The van der Waals surface area contributed by atoms with E-state index in [4.69, 9.17) is 5.73 Å².